The summed E-state index contributed by atoms with van der Waals surface area (Å²) in [5.41, 5.74) is 1.48. The lowest BCUT2D eigenvalue weighted by Crippen LogP contribution is -2.42. The van der Waals surface area contributed by atoms with E-state index in [4.69, 9.17) is 0 Å². The quantitative estimate of drug-likeness (QED) is 0.628. The zero-order chi connectivity index (χ0) is 17.3. The van der Waals surface area contributed by atoms with Gasteiger partial charge in [-0.15, -0.1) is 5.10 Å². The number of pyridine rings is 1. The number of nitrogens with one attached hydrogen (secondary N) is 1. The third-order valence-corrected chi connectivity index (χ3v) is 4.82. The summed E-state index contributed by atoms with van der Waals surface area (Å²) in [5.74, 6) is -0.331. The van der Waals surface area contributed by atoms with E-state index in [1.165, 1.54) is 0 Å². The van der Waals surface area contributed by atoms with E-state index < -0.39 is 28.3 Å². The maximum Gasteiger partial charge on any atom is 0.209 e. The van der Waals surface area contributed by atoms with Crippen molar-refractivity contribution < 1.29 is 18.6 Å². The van der Waals surface area contributed by atoms with Crippen LogP contribution in [0.5, 0.6) is 0 Å². The number of aromatic nitrogens is 4. The van der Waals surface area contributed by atoms with Crippen LogP contribution in [0, 0.1) is 5.92 Å². The standard InChI is InChI=1S/C14H19N5O4S/c1-24(22,23)17-11-5-10(13(20)14(11)21)7-19-8-12(16-18-19)9-3-2-4-15-6-9/h2-4,6,8,10-11,13-14,17,20-21H,5,7H2,1H3. The zero-order valence-electron chi connectivity index (χ0n) is 13.0. The summed E-state index contributed by atoms with van der Waals surface area (Å²) in [7, 11) is -3.45. The van der Waals surface area contributed by atoms with Gasteiger partial charge in [-0.3, -0.25) is 9.67 Å². The van der Waals surface area contributed by atoms with Crippen molar-refractivity contribution in [2.75, 3.05) is 6.26 Å². The Morgan fingerprint density at radius 1 is 1.38 bits per heavy atom. The van der Waals surface area contributed by atoms with E-state index in [1.54, 1.807) is 29.3 Å². The van der Waals surface area contributed by atoms with Crippen molar-refractivity contribution in [2.45, 2.75) is 31.2 Å². The highest BCUT2D eigenvalue weighted by atomic mass is 32.2. The van der Waals surface area contributed by atoms with Crippen LogP contribution in [0.25, 0.3) is 11.3 Å². The second kappa shape index (κ2) is 6.55. The molecular weight excluding hydrogens is 334 g/mol. The second-order valence-electron chi connectivity index (χ2n) is 6.04. The summed E-state index contributed by atoms with van der Waals surface area (Å²) in [6.07, 6.45) is 4.23. The maximum absolute atomic E-state index is 11.3. The Morgan fingerprint density at radius 2 is 2.17 bits per heavy atom. The molecule has 2 aromatic heterocycles. The number of hydrogen-bond acceptors (Lipinski definition) is 7. The van der Waals surface area contributed by atoms with Crippen LogP contribution in [-0.2, 0) is 16.6 Å². The number of nitrogens with zero attached hydrogens (tertiary/aromatic N) is 4. The minimum atomic E-state index is -3.45. The molecule has 1 saturated carbocycles. The molecule has 2 aromatic rings. The topological polar surface area (TPSA) is 130 Å². The number of rotatable bonds is 5. The molecule has 1 aliphatic rings. The fourth-order valence-corrected chi connectivity index (χ4v) is 3.76. The molecule has 0 aromatic carbocycles. The molecular formula is C14H19N5O4S. The number of hydrogen-bond donors (Lipinski definition) is 3. The summed E-state index contributed by atoms with van der Waals surface area (Å²) >= 11 is 0. The Bertz CT molecular complexity index is 795. The Kier molecular flexibility index (Phi) is 4.63. The van der Waals surface area contributed by atoms with E-state index in [-0.39, 0.29) is 5.92 Å². The molecule has 3 rings (SSSR count). The number of aliphatic hydroxyl groups is 2. The Labute approximate surface area is 139 Å². The Morgan fingerprint density at radius 3 is 2.83 bits per heavy atom. The van der Waals surface area contributed by atoms with Crippen LogP contribution in [0.15, 0.2) is 30.7 Å². The summed E-state index contributed by atoms with van der Waals surface area (Å²) in [6.45, 7) is 0.327. The molecule has 0 saturated heterocycles. The number of aliphatic hydroxyl groups excluding tert-OH is 2. The first-order chi connectivity index (χ1) is 11.3. The molecule has 0 radical (unpaired) electrons. The average Bonchev–Trinajstić information content (AvgIpc) is 3.09. The van der Waals surface area contributed by atoms with Crippen LogP contribution in [-0.4, -0.2) is 63.1 Å². The zero-order valence-corrected chi connectivity index (χ0v) is 13.8. The molecule has 3 N–H and O–H groups in total. The lowest BCUT2D eigenvalue weighted by atomic mass is 10.1. The normalized spacial score (nSPS) is 27.5. The van der Waals surface area contributed by atoms with Gasteiger partial charge in [0.05, 0.1) is 30.7 Å². The average molecular weight is 353 g/mol. The van der Waals surface area contributed by atoms with Crippen molar-refractivity contribution in [1.82, 2.24) is 24.7 Å². The van der Waals surface area contributed by atoms with E-state index in [1.807, 2.05) is 6.07 Å². The molecule has 0 bridgehead atoms. The molecule has 24 heavy (non-hydrogen) atoms. The highest BCUT2D eigenvalue weighted by Gasteiger charge is 2.42. The van der Waals surface area contributed by atoms with Gasteiger partial charge in [-0.1, -0.05) is 5.21 Å². The van der Waals surface area contributed by atoms with Crippen LogP contribution >= 0.6 is 0 Å². The Hall–Kier alpha value is -1.88. The minimum Gasteiger partial charge on any atom is -0.390 e. The lowest BCUT2D eigenvalue weighted by molar-refractivity contribution is 0.00974. The predicted octanol–water partition coefficient (Wildman–Crippen LogP) is -1.00. The molecule has 10 heteroatoms. The van der Waals surface area contributed by atoms with Crippen molar-refractivity contribution in [3.63, 3.8) is 0 Å². The molecule has 0 aliphatic heterocycles. The molecule has 1 fully saturated rings. The summed E-state index contributed by atoms with van der Waals surface area (Å²) in [4.78, 5) is 4.02. The molecule has 4 atom stereocenters. The van der Waals surface area contributed by atoms with Gasteiger partial charge in [0.1, 0.15) is 5.69 Å². The van der Waals surface area contributed by atoms with E-state index in [0.717, 1.165) is 11.8 Å². The van der Waals surface area contributed by atoms with Gasteiger partial charge in [-0.05, 0) is 18.6 Å². The highest BCUT2D eigenvalue weighted by molar-refractivity contribution is 7.88. The van der Waals surface area contributed by atoms with Crippen LogP contribution in [0.2, 0.25) is 0 Å². The van der Waals surface area contributed by atoms with Crippen LogP contribution in [0.4, 0.5) is 0 Å². The summed E-state index contributed by atoms with van der Waals surface area (Å²) in [6, 6.07) is 2.95. The van der Waals surface area contributed by atoms with Crippen LogP contribution in [0.3, 0.4) is 0 Å². The van der Waals surface area contributed by atoms with Gasteiger partial charge in [0, 0.05) is 30.4 Å². The minimum absolute atomic E-state index is 0.317. The van der Waals surface area contributed by atoms with Gasteiger partial charge in [-0.25, -0.2) is 13.1 Å². The van der Waals surface area contributed by atoms with E-state index in [9.17, 15) is 18.6 Å². The molecule has 1 aliphatic carbocycles. The Balaban J connectivity index is 1.69. The molecule has 130 valence electrons. The predicted molar refractivity (Wildman–Crippen MR) is 85.1 cm³/mol. The van der Waals surface area contributed by atoms with Gasteiger partial charge >= 0.3 is 0 Å². The third-order valence-electron chi connectivity index (χ3n) is 4.08. The van der Waals surface area contributed by atoms with Gasteiger partial charge < -0.3 is 10.2 Å². The third kappa shape index (κ3) is 3.78. The van der Waals surface area contributed by atoms with E-state index in [0.29, 0.717) is 18.7 Å². The first-order valence-electron chi connectivity index (χ1n) is 7.47. The van der Waals surface area contributed by atoms with Crippen LogP contribution in [0.1, 0.15) is 6.42 Å². The van der Waals surface area contributed by atoms with E-state index >= 15 is 0 Å². The number of sulfonamides is 1. The molecule has 0 amide bonds. The summed E-state index contributed by atoms with van der Waals surface area (Å²) in [5, 5.41) is 28.3. The monoisotopic (exact) mass is 353 g/mol. The van der Waals surface area contributed by atoms with Crippen molar-refractivity contribution in [1.29, 1.82) is 0 Å². The van der Waals surface area contributed by atoms with Crippen molar-refractivity contribution in [3.8, 4) is 11.3 Å². The van der Waals surface area contributed by atoms with E-state index in [2.05, 4.69) is 20.0 Å². The highest BCUT2D eigenvalue weighted by Crippen LogP contribution is 2.28. The fraction of sp³-hybridized carbons (Fsp3) is 0.500. The molecule has 2 heterocycles. The van der Waals surface area contributed by atoms with Gasteiger partial charge in [0.25, 0.3) is 0 Å². The van der Waals surface area contributed by atoms with Crippen molar-refractivity contribution >= 4 is 10.0 Å². The second-order valence-corrected chi connectivity index (χ2v) is 7.82. The first-order valence-corrected chi connectivity index (χ1v) is 9.36. The SMILES string of the molecule is CS(=O)(=O)NC1CC(Cn2cc(-c3cccnc3)nn2)C(O)C1O. The van der Waals surface area contributed by atoms with Crippen LogP contribution < -0.4 is 4.72 Å². The first kappa shape index (κ1) is 17.0. The fourth-order valence-electron chi connectivity index (χ4n) is 2.97. The van der Waals surface area contributed by atoms with Gasteiger partial charge in [0.15, 0.2) is 0 Å². The maximum atomic E-state index is 11.3. The largest absolute Gasteiger partial charge is 0.390 e. The molecule has 9 nitrogen and oxygen atoms in total. The van der Waals surface area contributed by atoms with Crippen molar-refractivity contribution in [3.05, 3.63) is 30.7 Å². The smallest absolute Gasteiger partial charge is 0.209 e. The molecule has 4 unspecified atom stereocenters. The molecule has 0 spiro atoms. The summed E-state index contributed by atoms with van der Waals surface area (Å²) < 4.78 is 26.6. The van der Waals surface area contributed by atoms with Gasteiger partial charge in [0.2, 0.25) is 10.0 Å². The lowest BCUT2D eigenvalue weighted by Gasteiger charge is -2.17. The van der Waals surface area contributed by atoms with Crippen molar-refractivity contribution in [2.24, 2.45) is 5.92 Å². The van der Waals surface area contributed by atoms with Gasteiger partial charge in [-0.2, -0.15) is 0 Å².